The lowest BCUT2D eigenvalue weighted by Gasteiger charge is -2.31. The fourth-order valence-electron chi connectivity index (χ4n) is 2.91. The average Bonchev–Trinajstić information content (AvgIpc) is 2.33. The summed E-state index contributed by atoms with van der Waals surface area (Å²) in [6.45, 7) is 4.40. The summed E-state index contributed by atoms with van der Waals surface area (Å²) >= 11 is 3.07. The average molecular weight is 333 g/mol. The van der Waals surface area contributed by atoms with Gasteiger partial charge in [-0.3, -0.25) is 0 Å². The minimum Gasteiger partial charge on any atom is -0.373 e. The van der Waals surface area contributed by atoms with Gasteiger partial charge in [0.1, 0.15) is 11.6 Å². The van der Waals surface area contributed by atoms with Crippen LogP contribution in [0.2, 0.25) is 0 Å². The number of halogens is 3. The van der Waals surface area contributed by atoms with Crippen LogP contribution in [0.3, 0.4) is 0 Å². The molecule has 0 aromatic heterocycles. The molecule has 19 heavy (non-hydrogen) atoms. The van der Waals surface area contributed by atoms with Gasteiger partial charge in [0.05, 0.1) is 22.7 Å². The highest BCUT2D eigenvalue weighted by molar-refractivity contribution is 9.10. The molecule has 4 heteroatoms. The Bertz CT molecular complexity index is 440. The third-order valence-electron chi connectivity index (χ3n) is 3.74. The van der Waals surface area contributed by atoms with E-state index in [4.69, 9.17) is 4.74 Å². The van der Waals surface area contributed by atoms with Crippen molar-refractivity contribution < 1.29 is 13.5 Å². The molecule has 1 fully saturated rings. The lowest BCUT2D eigenvalue weighted by atomic mass is 9.82. The van der Waals surface area contributed by atoms with Crippen molar-refractivity contribution in [1.82, 2.24) is 0 Å². The highest BCUT2D eigenvalue weighted by Crippen LogP contribution is 2.31. The van der Waals surface area contributed by atoms with E-state index in [2.05, 4.69) is 29.8 Å². The van der Waals surface area contributed by atoms with Crippen LogP contribution in [0.25, 0.3) is 0 Å². The number of hydrogen-bond donors (Lipinski definition) is 0. The van der Waals surface area contributed by atoms with Crippen LogP contribution in [0.4, 0.5) is 8.78 Å². The molecule has 0 bridgehead atoms. The van der Waals surface area contributed by atoms with Crippen molar-refractivity contribution in [2.75, 3.05) is 0 Å². The fourth-order valence-corrected chi connectivity index (χ4v) is 3.28. The van der Waals surface area contributed by atoms with E-state index < -0.39 is 11.6 Å². The maximum absolute atomic E-state index is 13.8. The lowest BCUT2D eigenvalue weighted by Crippen LogP contribution is -2.26. The maximum atomic E-state index is 13.8. The molecule has 0 amide bonds. The van der Waals surface area contributed by atoms with E-state index in [1.54, 1.807) is 0 Å². The lowest BCUT2D eigenvalue weighted by molar-refractivity contribution is -0.0113. The first kappa shape index (κ1) is 14.9. The second kappa shape index (κ2) is 6.31. The van der Waals surface area contributed by atoms with Crippen molar-refractivity contribution in [3.05, 3.63) is 33.8 Å². The fraction of sp³-hybridized carbons (Fsp3) is 0.600. The summed E-state index contributed by atoms with van der Waals surface area (Å²) in [4.78, 5) is 0. The molecular weight excluding hydrogens is 314 g/mol. The zero-order chi connectivity index (χ0) is 14.0. The monoisotopic (exact) mass is 332 g/mol. The van der Waals surface area contributed by atoms with Crippen LogP contribution in [-0.4, -0.2) is 6.10 Å². The molecule has 0 aliphatic heterocycles. The van der Waals surface area contributed by atoms with Crippen LogP contribution in [-0.2, 0) is 11.3 Å². The summed E-state index contributed by atoms with van der Waals surface area (Å²) in [5, 5.41) is 0. The zero-order valence-corrected chi connectivity index (χ0v) is 12.8. The van der Waals surface area contributed by atoms with Crippen molar-refractivity contribution >= 4 is 15.9 Å². The Balaban J connectivity index is 2.01. The van der Waals surface area contributed by atoms with Crippen LogP contribution in [0, 0.1) is 23.5 Å². The Morgan fingerprint density at radius 1 is 1.16 bits per heavy atom. The molecule has 1 saturated carbocycles. The Morgan fingerprint density at radius 2 is 1.79 bits per heavy atom. The third-order valence-corrected chi connectivity index (χ3v) is 4.35. The van der Waals surface area contributed by atoms with Crippen LogP contribution >= 0.6 is 15.9 Å². The molecule has 1 nitrogen and oxygen atoms in total. The molecule has 1 aliphatic rings. The van der Waals surface area contributed by atoms with Crippen molar-refractivity contribution in [1.29, 1.82) is 0 Å². The van der Waals surface area contributed by atoms with Crippen molar-refractivity contribution in [3.63, 3.8) is 0 Å². The summed E-state index contributed by atoms with van der Waals surface area (Å²) in [6, 6.07) is 2.64. The standard InChI is InChI=1S/C15H19BrF2O/c1-9-5-10(2)7-11(6-9)19-8-12-14(17)4-3-13(16)15(12)18/h3-4,9-11H,5-8H2,1-2H3. The van der Waals surface area contributed by atoms with Gasteiger partial charge in [0.25, 0.3) is 0 Å². The van der Waals surface area contributed by atoms with E-state index in [1.165, 1.54) is 18.6 Å². The van der Waals surface area contributed by atoms with Gasteiger partial charge in [-0.15, -0.1) is 0 Å². The largest absolute Gasteiger partial charge is 0.373 e. The third kappa shape index (κ3) is 3.76. The van der Waals surface area contributed by atoms with Gasteiger partial charge in [-0.1, -0.05) is 13.8 Å². The van der Waals surface area contributed by atoms with Gasteiger partial charge in [-0.2, -0.15) is 0 Å². The molecule has 106 valence electrons. The Kier molecular flexibility index (Phi) is 4.96. The van der Waals surface area contributed by atoms with Crippen LogP contribution in [0.15, 0.2) is 16.6 Å². The van der Waals surface area contributed by atoms with E-state index in [9.17, 15) is 8.78 Å². The number of rotatable bonds is 3. The number of benzene rings is 1. The van der Waals surface area contributed by atoms with E-state index >= 15 is 0 Å². The first-order valence-corrected chi connectivity index (χ1v) is 7.50. The quantitative estimate of drug-likeness (QED) is 0.702. The highest BCUT2D eigenvalue weighted by Gasteiger charge is 2.25. The van der Waals surface area contributed by atoms with Crippen molar-refractivity contribution in [3.8, 4) is 0 Å². The Labute approximate surface area is 121 Å². The van der Waals surface area contributed by atoms with Gasteiger partial charge >= 0.3 is 0 Å². The molecule has 0 heterocycles. The first-order chi connectivity index (χ1) is 8.97. The summed E-state index contributed by atoms with van der Waals surface area (Å²) in [5.41, 5.74) is 0.0141. The van der Waals surface area contributed by atoms with Crippen LogP contribution in [0.1, 0.15) is 38.7 Å². The SMILES string of the molecule is CC1CC(C)CC(OCc2c(F)ccc(Br)c2F)C1. The van der Waals surface area contributed by atoms with Gasteiger partial charge in [-0.05, 0) is 59.2 Å². The first-order valence-electron chi connectivity index (χ1n) is 6.71. The van der Waals surface area contributed by atoms with E-state index in [1.807, 2.05) is 0 Å². The minimum absolute atomic E-state index is 0.00120. The van der Waals surface area contributed by atoms with Gasteiger partial charge in [0.15, 0.2) is 0 Å². The summed E-state index contributed by atoms with van der Waals surface area (Å²) in [6.07, 6.45) is 3.26. The maximum Gasteiger partial charge on any atom is 0.145 e. The molecule has 1 aliphatic carbocycles. The number of ether oxygens (including phenoxy) is 1. The smallest absolute Gasteiger partial charge is 0.145 e. The molecule has 2 atom stereocenters. The van der Waals surface area contributed by atoms with Gasteiger partial charge in [0, 0.05) is 0 Å². The Morgan fingerprint density at radius 3 is 2.42 bits per heavy atom. The second-order valence-corrected chi connectivity index (χ2v) is 6.53. The van der Waals surface area contributed by atoms with Crippen LogP contribution in [0.5, 0.6) is 0 Å². The van der Waals surface area contributed by atoms with E-state index in [0.29, 0.717) is 11.8 Å². The van der Waals surface area contributed by atoms with Crippen LogP contribution < -0.4 is 0 Å². The molecule has 0 saturated heterocycles. The van der Waals surface area contributed by atoms with Gasteiger partial charge in [-0.25, -0.2) is 8.78 Å². The number of hydrogen-bond acceptors (Lipinski definition) is 1. The zero-order valence-electron chi connectivity index (χ0n) is 11.3. The Hall–Kier alpha value is -0.480. The molecule has 2 unspecified atom stereocenters. The molecular formula is C15H19BrF2O. The summed E-state index contributed by atoms with van der Waals surface area (Å²) in [5.74, 6) is 0.131. The molecule has 2 rings (SSSR count). The van der Waals surface area contributed by atoms with Crippen molar-refractivity contribution in [2.24, 2.45) is 11.8 Å². The molecule has 0 radical (unpaired) electrons. The van der Waals surface area contributed by atoms with E-state index in [-0.39, 0.29) is 22.7 Å². The molecule has 0 N–H and O–H groups in total. The molecule has 1 aromatic rings. The minimum atomic E-state index is -0.558. The molecule has 1 aromatic carbocycles. The predicted octanol–water partition coefficient (Wildman–Crippen LogP) is 5.07. The highest BCUT2D eigenvalue weighted by atomic mass is 79.9. The predicted molar refractivity (Wildman–Crippen MR) is 74.8 cm³/mol. The second-order valence-electron chi connectivity index (χ2n) is 5.67. The molecule has 0 spiro atoms. The summed E-state index contributed by atoms with van der Waals surface area (Å²) in [7, 11) is 0. The topological polar surface area (TPSA) is 9.23 Å². The van der Waals surface area contributed by atoms with Crippen molar-refractivity contribution in [2.45, 2.75) is 45.8 Å². The van der Waals surface area contributed by atoms with Gasteiger partial charge in [0.2, 0.25) is 0 Å². The van der Waals surface area contributed by atoms with E-state index in [0.717, 1.165) is 12.8 Å². The normalized spacial score (nSPS) is 27.5. The van der Waals surface area contributed by atoms with Gasteiger partial charge < -0.3 is 4.74 Å². The summed E-state index contributed by atoms with van der Waals surface area (Å²) < 4.78 is 33.4.